The van der Waals surface area contributed by atoms with E-state index in [4.69, 9.17) is 14.4 Å². The second kappa shape index (κ2) is 11.9. The predicted octanol–water partition coefficient (Wildman–Crippen LogP) is 12.3. The van der Waals surface area contributed by atoms with Gasteiger partial charge in [-0.3, -0.25) is 0 Å². The molecule has 5 aromatic carbocycles. The summed E-state index contributed by atoms with van der Waals surface area (Å²) in [4.78, 5) is 13.5. The van der Waals surface area contributed by atoms with Gasteiger partial charge in [0.25, 0.3) is 0 Å². The van der Waals surface area contributed by atoms with Crippen LogP contribution < -0.4 is 4.90 Å². The Kier molecular flexibility index (Phi) is 6.88. The van der Waals surface area contributed by atoms with Crippen LogP contribution in [0.1, 0.15) is 72.6 Å². The van der Waals surface area contributed by atoms with Crippen molar-refractivity contribution < 1.29 is 4.42 Å². The van der Waals surface area contributed by atoms with Crippen LogP contribution in [0.5, 0.6) is 0 Å². The number of fused-ring (bicyclic) bond motifs is 9. The lowest BCUT2D eigenvalue weighted by Gasteiger charge is -2.38. The highest BCUT2D eigenvalue weighted by molar-refractivity contribution is 5.97. The molecule has 3 aliphatic carbocycles. The van der Waals surface area contributed by atoms with Gasteiger partial charge in [-0.05, 0) is 52.2 Å². The maximum absolute atomic E-state index is 7.24. The molecular weight excluding hydrogens is 659 g/mol. The molecule has 0 amide bonds. The molecule has 3 heterocycles. The van der Waals surface area contributed by atoms with E-state index >= 15 is 0 Å². The number of para-hydroxylation sites is 1. The summed E-state index contributed by atoms with van der Waals surface area (Å²) >= 11 is 0. The highest BCUT2D eigenvalue weighted by Gasteiger charge is 2.56. The monoisotopic (exact) mass is 697 g/mol. The van der Waals surface area contributed by atoms with Crippen molar-refractivity contribution in [3.05, 3.63) is 203 Å². The fourth-order valence-electron chi connectivity index (χ4n) is 10.1. The Bertz CT molecular complexity index is 2640. The first-order valence-electron chi connectivity index (χ1n) is 19.2. The number of hydrogen-bond donors (Lipinski definition) is 0. The zero-order valence-corrected chi connectivity index (χ0v) is 30.4. The Morgan fingerprint density at radius 3 is 2.20 bits per heavy atom. The van der Waals surface area contributed by atoms with E-state index in [9.17, 15) is 0 Å². The van der Waals surface area contributed by atoms with Crippen molar-refractivity contribution in [2.75, 3.05) is 4.90 Å². The molecule has 1 aliphatic heterocycles. The number of benzene rings is 5. The van der Waals surface area contributed by atoms with Gasteiger partial charge < -0.3 is 9.32 Å². The lowest BCUT2D eigenvalue weighted by molar-refractivity contribution is 0.396. The number of furan rings is 1. The molecule has 4 nitrogen and oxygen atoms in total. The van der Waals surface area contributed by atoms with Crippen LogP contribution in [-0.2, 0) is 5.41 Å². The van der Waals surface area contributed by atoms with E-state index < -0.39 is 0 Å². The van der Waals surface area contributed by atoms with Crippen LogP contribution in [0.15, 0.2) is 179 Å². The summed E-state index contributed by atoms with van der Waals surface area (Å²) in [6, 6.07) is 52.0. The largest absolute Gasteiger partial charge is 0.456 e. The first-order valence-corrected chi connectivity index (χ1v) is 19.2. The summed E-state index contributed by atoms with van der Waals surface area (Å²) in [6.45, 7) is 4.86. The SMILES string of the molecule is CC1(C)c2ccccc2C2C1c1c(oc3ccccc13)C1=C(C3=C(CCC=C3)[C@H]1c1ccccc1)N2c1cc(-c2ccccc2)nc(-c2ccccc2)n1. The normalized spacial score (nSPS) is 20.7. The highest BCUT2D eigenvalue weighted by atomic mass is 16.3. The number of allylic oxidation sites excluding steroid dienone is 4. The third-order valence-electron chi connectivity index (χ3n) is 12.3. The Balaban J connectivity index is 1.30. The van der Waals surface area contributed by atoms with Crippen LogP contribution in [-0.4, -0.2) is 9.97 Å². The van der Waals surface area contributed by atoms with Gasteiger partial charge in [0.2, 0.25) is 0 Å². The lowest BCUT2D eigenvalue weighted by atomic mass is 9.72. The first-order chi connectivity index (χ1) is 26.6. The van der Waals surface area contributed by atoms with E-state index in [1.165, 1.54) is 50.1 Å². The van der Waals surface area contributed by atoms with Gasteiger partial charge in [-0.2, -0.15) is 0 Å². The Morgan fingerprint density at radius 1 is 0.722 bits per heavy atom. The van der Waals surface area contributed by atoms with Crippen LogP contribution in [0.4, 0.5) is 5.82 Å². The summed E-state index contributed by atoms with van der Waals surface area (Å²) in [5, 5.41) is 1.20. The van der Waals surface area contributed by atoms with Crippen LogP contribution in [0.3, 0.4) is 0 Å². The van der Waals surface area contributed by atoms with Gasteiger partial charge in [-0.25, -0.2) is 9.97 Å². The summed E-state index contributed by atoms with van der Waals surface area (Å²) in [7, 11) is 0. The first kappa shape index (κ1) is 31.3. The van der Waals surface area contributed by atoms with E-state index in [2.05, 4.69) is 176 Å². The Labute approximate surface area is 315 Å². The van der Waals surface area contributed by atoms with Crippen LogP contribution in [0.2, 0.25) is 0 Å². The lowest BCUT2D eigenvalue weighted by Crippen LogP contribution is -2.34. The molecule has 54 heavy (non-hydrogen) atoms. The Hall–Kier alpha value is -6.26. The highest BCUT2D eigenvalue weighted by Crippen LogP contribution is 2.66. The van der Waals surface area contributed by atoms with Gasteiger partial charge in [-0.15, -0.1) is 0 Å². The smallest absolute Gasteiger partial charge is 0.162 e. The van der Waals surface area contributed by atoms with Crippen molar-refractivity contribution in [2.45, 2.75) is 50.0 Å². The molecule has 4 heteroatoms. The van der Waals surface area contributed by atoms with Crippen LogP contribution in [0.25, 0.3) is 39.2 Å². The molecule has 3 atom stereocenters. The fraction of sp³-hybridized carbons (Fsp3) is 0.160. The number of hydrogen-bond acceptors (Lipinski definition) is 4. The quantitative estimate of drug-likeness (QED) is 0.184. The van der Waals surface area contributed by atoms with Crippen molar-refractivity contribution in [1.29, 1.82) is 0 Å². The number of nitrogens with zero attached hydrogens (tertiary/aromatic N) is 3. The van der Waals surface area contributed by atoms with Crippen molar-refractivity contribution in [1.82, 2.24) is 9.97 Å². The summed E-state index contributed by atoms with van der Waals surface area (Å²) in [5.41, 5.74) is 14.2. The van der Waals surface area contributed by atoms with E-state index in [0.29, 0.717) is 5.82 Å². The minimum atomic E-state index is -0.222. The van der Waals surface area contributed by atoms with Crippen molar-refractivity contribution in [3.8, 4) is 22.6 Å². The molecular formula is C50H39N3O. The van der Waals surface area contributed by atoms with E-state index in [0.717, 1.165) is 46.8 Å². The average molecular weight is 698 g/mol. The topological polar surface area (TPSA) is 42.2 Å². The van der Waals surface area contributed by atoms with Crippen LogP contribution in [0, 0.1) is 0 Å². The standard InChI is InChI=1S/C50H39N3O/c1-50(2)38-28-16-14-26-36(38)47-45(50)43-37-27-15-17-29-40(37)54-48(43)44-42(32-20-8-4-9-21-32)34-24-12-13-25-35(34)46(44)53(47)41-30-39(31-18-6-3-7-19-31)51-49(52-41)33-22-10-5-11-23-33/h3-11,13-23,25-30,42,45,47H,12,24H2,1-2H3/t42-,45?,47?/m1/s1. The summed E-state index contributed by atoms with van der Waals surface area (Å²) in [6.07, 6.45) is 6.75. The minimum absolute atomic E-state index is 0.0455. The molecule has 0 spiro atoms. The van der Waals surface area contributed by atoms with E-state index in [-0.39, 0.29) is 23.3 Å². The van der Waals surface area contributed by atoms with Gasteiger partial charge in [0, 0.05) is 45.6 Å². The van der Waals surface area contributed by atoms with E-state index in [1.54, 1.807) is 0 Å². The zero-order chi connectivity index (χ0) is 36.0. The van der Waals surface area contributed by atoms with Crippen molar-refractivity contribution in [3.63, 3.8) is 0 Å². The van der Waals surface area contributed by atoms with Crippen LogP contribution >= 0.6 is 0 Å². The molecule has 4 aliphatic rings. The molecule has 2 aromatic heterocycles. The molecule has 2 unspecified atom stereocenters. The molecule has 0 saturated heterocycles. The molecule has 0 bridgehead atoms. The summed E-state index contributed by atoms with van der Waals surface area (Å²) < 4.78 is 7.24. The van der Waals surface area contributed by atoms with Gasteiger partial charge in [-0.1, -0.05) is 159 Å². The molecule has 0 N–H and O–H groups in total. The number of rotatable bonds is 4. The molecule has 11 rings (SSSR count). The third-order valence-corrected chi connectivity index (χ3v) is 12.3. The van der Waals surface area contributed by atoms with E-state index in [1.807, 2.05) is 0 Å². The second-order valence-corrected chi connectivity index (χ2v) is 15.6. The molecule has 0 saturated carbocycles. The molecule has 0 fully saturated rings. The number of aromatic nitrogens is 2. The Morgan fingerprint density at radius 2 is 1.41 bits per heavy atom. The van der Waals surface area contributed by atoms with Gasteiger partial charge in [0.15, 0.2) is 5.82 Å². The van der Waals surface area contributed by atoms with Crippen molar-refractivity contribution >= 4 is 22.4 Å². The predicted molar refractivity (Wildman–Crippen MR) is 218 cm³/mol. The summed E-state index contributed by atoms with van der Waals surface area (Å²) in [5.74, 6) is 2.73. The molecule has 260 valence electrons. The van der Waals surface area contributed by atoms with Gasteiger partial charge in [0.1, 0.15) is 17.2 Å². The van der Waals surface area contributed by atoms with Crippen molar-refractivity contribution in [2.24, 2.45) is 0 Å². The third kappa shape index (κ3) is 4.49. The number of anilines is 1. The second-order valence-electron chi connectivity index (χ2n) is 15.6. The molecule has 0 radical (unpaired) electrons. The van der Waals surface area contributed by atoms with Gasteiger partial charge >= 0.3 is 0 Å². The van der Waals surface area contributed by atoms with Gasteiger partial charge in [0.05, 0.1) is 17.4 Å². The maximum Gasteiger partial charge on any atom is 0.162 e. The zero-order valence-electron chi connectivity index (χ0n) is 30.4. The molecule has 7 aromatic rings. The maximum atomic E-state index is 7.24. The average Bonchev–Trinajstić information content (AvgIpc) is 3.81. The fourth-order valence-corrected chi connectivity index (χ4v) is 10.1. The minimum Gasteiger partial charge on any atom is -0.456 e.